The van der Waals surface area contributed by atoms with Crippen molar-refractivity contribution in [2.24, 2.45) is 0 Å². The highest BCUT2D eigenvalue weighted by molar-refractivity contribution is 5.56. The van der Waals surface area contributed by atoms with Crippen molar-refractivity contribution in [1.82, 2.24) is 9.88 Å². The Kier molecular flexibility index (Phi) is 4.92. The van der Waals surface area contributed by atoms with E-state index in [9.17, 15) is 0 Å². The smallest absolute Gasteiger partial charge is 0.144 e. The van der Waals surface area contributed by atoms with E-state index in [0.29, 0.717) is 11.4 Å². The minimum Gasteiger partial charge on any atom is -0.369 e. The molecule has 0 aliphatic carbocycles. The van der Waals surface area contributed by atoms with Gasteiger partial charge in [-0.3, -0.25) is 0 Å². The van der Waals surface area contributed by atoms with Crippen LogP contribution in [0.15, 0.2) is 6.07 Å². The maximum atomic E-state index is 9.10. The zero-order valence-corrected chi connectivity index (χ0v) is 11.0. The van der Waals surface area contributed by atoms with E-state index in [-0.39, 0.29) is 0 Å². The summed E-state index contributed by atoms with van der Waals surface area (Å²) >= 11 is 0. The van der Waals surface area contributed by atoms with Crippen molar-refractivity contribution in [3.8, 4) is 6.07 Å². The molecule has 0 bridgehead atoms. The molecule has 92 valence electrons. The van der Waals surface area contributed by atoms with Crippen molar-refractivity contribution < 1.29 is 0 Å². The van der Waals surface area contributed by atoms with Crippen LogP contribution in [0.5, 0.6) is 0 Å². The summed E-state index contributed by atoms with van der Waals surface area (Å²) in [5.74, 6) is 0.712. The quantitative estimate of drug-likeness (QED) is 0.788. The minimum atomic E-state index is 0.653. The molecule has 4 heteroatoms. The number of nitrogens with one attached hydrogen (secondary N) is 1. The third kappa shape index (κ3) is 4.04. The van der Waals surface area contributed by atoms with Crippen LogP contribution in [0, 0.1) is 25.2 Å². The van der Waals surface area contributed by atoms with Crippen LogP contribution in [-0.4, -0.2) is 37.1 Å². The lowest BCUT2D eigenvalue weighted by Crippen LogP contribution is -2.17. The second-order valence-corrected chi connectivity index (χ2v) is 4.50. The molecule has 0 aromatic carbocycles. The molecule has 0 saturated carbocycles. The topological polar surface area (TPSA) is 52.0 Å². The molecule has 0 aliphatic heterocycles. The van der Waals surface area contributed by atoms with E-state index < -0.39 is 0 Å². The van der Waals surface area contributed by atoms with Crippen LogP contribution in [0.2, 0.25) is 0 Å². The molecule has 17 heavy (non-hydrogen) atoms. The first-order valence-corrected chi connectivity index (χ1v) is 5.81. The van der Waals surface area contributed by atoms with E-state index in [2.05, 4.69) is 35.4 Å². The Labute approximate surface area is 103 Å². The lowest BCUT2D eigenvalue weighted by atomic mass is 10.1. The SMILES string of the molecule is Cc1cc(C)c(C#N)c(NCCCN(C)C)n1. The molecule has 1 aromatic rings. The van der Waals surface area contributed by atoms with Gasteiger partial charge in [0, 0.05) is 12.2 Å². The molecule has 0 radical (unpaired) electrons. The minimum absolute atomic E-state index is 0.653. The van der Waals surface area contributed by atoms with Gasteiger partial charge in [-0.25, -0.2) is 4.98 Å². The zero-order chi connectivity index (χ0) is 12.8. The molecule has 1 heterocycles. The third-order valence-corrected chi connectivity index (χ3v) is 2.53. The first-order valence-electron chi connectivity index (χ1n) is 5.81. The van der Waals surface area contributed by atoms with Crippen molar-refractivity contribution >= 4 is 5.82 Å². The Bertz CT molecular complexity index is 418. The molecule has 0 aliphatic rings. The van der Waals surface area contributed by atoms with E-state index >= 15 is 0 Å². The lowest BCUT2D eigenvalue weighted by molar-refractivity contribution is 0.405. The van der Waals surface area contributed by atoms with Crippen LogP contribution >= 0.6 is 0 Å². The molecule has 1 rings (SSSR count). The van der Waals surface area contributed by atoms with E-state index in [1.54, 1.807) is 0 Å². The van der Waals surface area contributed by atoms with Crippen LogP contribution in [0.1, 0.15) is 23.2 Å². The van der Waals surface area contributed by atoms with Crippen molar-refractivity contribution in [1.29, 1.82) is 5.26 Å². The maximum Gasteiger partial charge on any atom is 0.144 e. The Morgan fingerprint density at radius 3 is 2.71 bits per heavy atom. The van der Waals surface area contributed by atoms with Gasteiger partial charge in [0.15, 0.2) is 0 Å². The van der Waals surface area contributed by atoms with Crippen molar-refractivity contribution in [2.45, 2.75) is 20.3 Å². The monoisotopic (exact) mass is 232 g/mol. The van der Waals surface area contributed by atoms with Gasteiger partial charge in [-0.1, -0.05) is 0 Å². The summed E-state index contributed by atoms with van der Waals surface area (Å²) in [6.45, 7) is 5.75. The van der Waals surface area contributed by atoms with Crippen LogP contribution in [0.4, 0.5) is 5.82 Å². The van der Waals surface area contributed by atoms with Crippen LogP contribution in [0.3, 0.4) is 0 Å². The average Bonchev–Trinajstić information content (AvgIpc) is 2.23. The summed E-state index contributed by atoms with van der Waals surface area (Å²) in [4.78, 5) is 6.51. The normalized spacial score (nSPS) is 10.4. The number of nitriles is 1. The van der Waals surface area contributed by atoms with E-state index in [1.165, 1.54) is 0 Å². The summed E-state index contributed by atoms with van der Waals surface area (Å²) in [5.41, 5.74) is 2.58. The predicted molar refractivity (Wildman–Crippen MR) is 70.1 cm³/mol. The number of anilines is 1. The molecule has 0 fully saturated rings. The maximum absolute atomic E-state index is 9.10. The highest BCUT2D eigenvalue weighted by atomic mass is 15.1. The summed E-state index contributed by atoms with van der Waals surface area (Å²) < 4.78 is 0. The van der Waals surface area contributed by atoms with E-state index in [4.69, 9.17) is 5.26 Å². The number of aromatic nitrogens is 1. The fourth-order valence-corrected chi connectivity index (χ4v) is 1.71. The predicted octanol–water partition coefficient (Wildman–Crippen LogP) is 1.93. The highest BCUT2D eigenvalue weighted by Crippen LogP contribution is 2.17. The zero-order valence-electron chi connectivity index (χ0n) is 11.0. The number of aryl methyl sites for hydroxylation is 2. The van der Waals surface area contributed by atoms with Gasteiger partial charge in [0.25, 0.3) is 0 Å². The summed E-state index contributed by atoms with van der Waals surface area (Å²) in [6, 6.07) is 4.14. The van der Waals surface area contributed by atoms with Gasteiger partial charge < -0.3 is 10.2 Å². The van der Waals surface area contributed by atoms with Crippen molar-refractivity contribution in [3.63, 3.8) is 0 Å². The number of pyridine rings is 1. The second kappa shape index (κ2) is 6.21. The van der Waals surface area contributed by atoms with Gasteiger partial charge in [0.1, 0.15) is 11.9 Å². The lowest BCUT2D eigenvalue weighted by Gasteiger charge is -2.12. The Hall–Kier alpha value is -1.60. The van der Waals surface area contributed by atoms with Gasteiger partial charge in [0.05, 0.1) is 5.56 Å². The fourth-order valence-electron chi connectivity index (χ4n) is 1.71. The van der Waals surface area contributed by atoms with Gasteiger partial charge in [-0.15, -0.1) is 0 Å². The van der Waals surface area contributed by atoms with Gasteiger partial charge in [0.2, 0.25) is 0 Å². The molecule has 1 aromatic heterocycles. The largest absolute Gasteiger partial charge is 0.369 e. The molecule has 0 spiro atoms. The first kappa shape index (κ1) is 13.5. The summed E-state index contributed by atoms with van der Waals surface area (Å²) in [7, 11) is 4.10. The average molecular weight is 232 g/mol. The van der Waals surface area contributed by atoms with Gasteiger partial charge >= 0.3 is 0 Å². The van der Waals surface area contributed by atoms with Gasteiger partial charge in [-0.05, 0) is 52.5 Å². The van der Waals surface area contributed by atoms with Crippen LogP contribution < -0.4 is 5.32 Å². The molecular formula is C13H20N4. The molecule has 1 N–H and O–H groups in total. The van der Waals surface area contributed by atoms with Crippen LogP contribution in [0.25, 0.3) is 0 Å². The number of rotatable bonds is 5. The standard InChI is InChI=1S/C13H20N4/c1-10-8-11(2)16-13(12(10)9-14)15-6-5-7-17(3)4/h8H,5-7H2,1-4H3,(H,15,16). The second-order valence-electron chi connectivity index (χ2n) is 4.50. The van der Waals surface area contributed by atoms with Crippen LogP contribution in [-0.2, 0) is 0 Å². The Morgan fingerprint density at radius 1 is 1.41 bits per heavy atom. The van der Waals surface area contributed by atoms with Gasteiger partial charge in [-0.2, -0.15) is 5.26 Å². The Morgan fingerprint density at radius 2 is 2.12 bits per heavy atom. The summed E-state index contributed by atoms with van der Waals surface area (Å²) in [5, 5.41) is 12.3. The third-order valence-electron chi connectivity index (χ3n) is 2.53. The molecule has 4 nitrogen and oxygen atoms in total. The number of hydrogen-bond acceptors (Lipinski definition) is 4. The molecular weight excluding hydrogens is 212 g/mol. The van der Waals surface area contributed by atoms with Crippen molar-refractivity contribution in [2.75, 3.05) is 32.5 Å². The van der Waals surface area contributed by atoms with E-state index in [1.807, 2.05) is 19.9 Å². The number of hydrogen-bond donors (Lipinski definition) is 1. The fraction of sp³-hybridized carbons (Fsp3) is 0.538. The molecule has 0 amide bonds. The van der Waals surface area contributed by atoms with Crippen molar-refractivity contribution in [3.05, 3.63) is 22.9 Å². The number of nitrogens with zero attached hydrogens (tertiary/aromatic N) is 3. The Balaban J connectivity index is 2.67. The molecule has 0 unspecified atom stereocenters. The molecule has 0 atom stereocenters. The molecule has 0 saturated heterocycles. The van der Waals surface area contributed by atoms with E-state index in [0.717, 1.165) is 30.8 Å². The first-order chi connectivity index (χ1) is 8.04. The highest BCUT2D eigenvalue weighted by Gasteiger charge is 2.07. The summed E-state index contributed by atoms with van der Waals surface area (Å²) in [6.07, 6.45) is 1.03.